The molecule has 0 radical (unpaired) electrons. The Labute approximate surface area is 297 Å². The maximum Gasteiger partial charge on any atom is 0.264 e. The summed E-state index contributed by atoms with van der Waals surface area (Å²) < 4.78 is 9.26. The van der Waals surface area contributed by atoms with Gasteiger partial charge < -0.3 is 19.3 Å². The molecule has 4 heterocycles. The Morgan fingerprint density at radius 2 is 1.70 bits per heavy atom. The van der Waals surface area contributed by atoms with Crippen LogP contribution in [0.15, 0.2) is 85.2 Å². The molecule has 2 amide bonds. The standard InChI is InChI=1S/C39H41ClN6O4/c1-26-20-27-6-4-5-7-28(27)24-45(26)38(48)33-13-8-29(40)21-34(33)37-22-35(36(43(37)3)14-15-44-16-18-50-19-17-44)39(49)46(31-23-41-42(2)25-31)30-9-11-32(47)12-10-30/h4-13,21-23,25-26,47H,14-20,24H2,1-3H3/t26-/m1/s1. The number of aryl methyl sites for hydroxylation is 1. The fourth-order valence-electron chi connectivity index (χ4n) is 7.13. The third kappa shape index (κ3) is 6.66. The maximum absolute atomic E-state index is 14.9. The SMILES string of the molecule is C[C@@H]1Cc2ccccc2CN1C(=O)c1ccc(Cl)cc1-c1cc(C(=O)N(c2ccc(O)cc2)c2cnn(C)c2)c(CCN2CCOCC2)n1C. The number of hydrogen-bond donors (Lipinski definition) is 1. The molecule has 7 rings (SSSR count). The minimum Gasteiger partial charge on any atom is -0.508 e. The van der Waals surface area contributed by atoms with Gasteiger partial charge in [-0.15, -0.1) is 0 Å². The second kappa shape index (κ2) is 14.1. The fourth-order valence-corrected chi connectivity index (χ4v) is 7.30. The topological polar surface area (TPSA) is 96.1 Å². The van der Waals surface area contributed by atoms with Gasteiger partial charge in [0, 0.05) is 92.2 Å². The molecule has 2 aromatic heterocycles. The summed E-state index contributed by atoms with van der Waals surface area (Å²) in [5, 5.41) is 14.9. The molecule has 1 atom stereocenters. The number of anilines is 2. The monoisotopic (exact) mass is 692 g/mol. The highest BCUT2D eigenvalue weighted by Crippen LogP contribution is 2.36. The van der Waals surface area contributed by atoms with Crippen molar-refractivity contribution in [1.82, 2.24) is 24.1 Å². The lowest BCUT2D eigenvalue weighted by atomic mass is 9.93. The highest BCUT2D eigenvalue weighted by molar-refractivity contribution is 6.31. The van der Waals surface area contributed by atoms with E-state index in [1.165, 1.54) is 5.56 Å². The van der Waals surface area contributed by atoms with Gasteiger partial charge in [-0.2, -0.15) is 5.10 Å². The average Bonchev–Trinajstić information content (AvgIpc) is 3.70. The van der Waals surface area contributed by atoms with E-state index in [-0.39, 0.29) is 23.6 Å². The summed E-state index contributed by atoms with van der Waals surface area (Å²) in [6.07, 6.45) is 4.81. The van der Waals surface area contributed by atoms with Gasteiger partial charge in [-0.1, -0.05) is 35.9 Å². The molecule has 50 heavy (non-hydrogen) atoms. The van der Waals surface area contributed by atoms with Gasteiger partial charge in [0.2, 0.25) is 0 Å². The summed E-state index contributed by atoms with van der Waals surface area (Å²) in [6.45, 7) is 6.33. The van der Waals surface area contributed by atoms with Gasteiger partial charge in [-0.25, -0.2) is 0 Å². The number of morpholine rings is 1. The van der Waals surface area contributed by atoms with Crippen LogP contribution in [0.25, 0.3) is 11.3 Å². The van der Waals surface area contributed by atoms with E-state index in [0.29, 0.717) is 59.3 Å². The minimum absolute atomic E-state index is 0.00825. The minimum atomic E-state index is -0.251. The number of hydrogen-bond acceptors (Lipinski definition) is 6. The van der Waals surface area contributed by atoms with Crippen molar-refractivity contribution < 1.29 is 19.4 Å². The van der Waals surface area contributed by atoms with Crippen LogP contribution in [0.5, 0.6) is 5.75 Å². The molecule has 11 heteroatoms. The van der Waals surface area contributed by atoms with Crippen LogP contribution >= 0.6 is 11.6 Å². The number of nitrogens with zero attached hydrogens (tertiary/aromatic N) is 6. The zero-order valence-corrected chi connectivity index (χ0v) is 29.3. The van der Waals surface area contributed by atoms with Crippen LogP contribution in [0.3, 0.4) is 0 Å². The van der Waals surface area contributed by atoms with E-state index in [9.17, 15) is 14.7 Å². The van der Waals surface area contributed by atoms with Crippen LogP contribution in [0.4, 0.5) is 11.4 Å². The number of amides is 2. The maximum atomic E-state index is 14.9. The van der Waals surface area contributed by atoms with Gasteiger partial charge in [-0.3, -0.25) is 24.1 Å². The van der Waals surface area contributed by atoms with Gasteiger partial charge in [0.05, 0.1) is 30.7 Å². The molecule has 258 valence electrons. The van der Waals surface area contributed by atoms with E-state index in [1.807, 2.05) is 40.8 Å². The van der Waals surface area contributed by atoms with Crippen molar-refractivity contribution in [2.45, 2.75) is 32.4 Å². The Morgan fingerprint density at radius 1 is 0.960 bits per heavy atom. The van der Waals surface area contributed by atoms with Crippen LogP contribution in [-0.2, 0) is 38.2 Å². The Kier molecular flexibility index (Phi) is 9.50. The number of halogens is 1. The van der Waals surface area contributed by atoms with Crippen LogP contribution in [0.1, 0.15) is 44.5 Å². The summed E-state index contributed by atoms with van der Waals surface area (Å²) >= 11 is 6.65. The lowest BCUT2D eigenvalue weighted by Crippen LogP contribution is -2.42. The normalized spacial score (nSPS) is 16.3. The van der Waals surface area contributed by atoms with Gasteiger partial charge in [0.1, 0.15) is 5.75 Å². The first-order valence-electron chi connectivity index (χ1n) is 17.0. The number of phenolic OH excluding ortho intramolecular Hbond substituents is 1. The van der Waals surface area contributed by atoms with E-state index < -0.39 is 0 Å². The zero-order valence-electron chi connectivity index (χ0n) is 28.6. The molecule has 0 aliphatic carbocycles. The van der Waals surface area contributed by atoms with Crippen LogP contribution < -0.4 is 4.90 Å². The quantitative estimate of drug-likeness (QED) is 0.207. The second-order valence-electron chi connectivity index (χ2n) is 13.1. The molecule has 3 aromatic carbocycles. The predicted molar refractivity (Wildman–Crippen MR) is 194 cm³/mol. The van der Waals surface area contributed by atoms with Gasteiger partial charge in [0.25, 0.3) is 11.8 Å². The first kappa shape index (κ1) is 33.6. The van der Waals surface area contributed by atoms with E-state index in [4.69, 9.17) is 16.3 Å². The molecule has 1 saturated heterocycles. The van der Waals surface area contributed by atoms with E-state index in [1.54, 1.807) is 65.4 Å². The highest BCUT2D eigenvalue weighted by Gasteiger charge is 2.32. The summed E-state index contributed by atoms with van der Waals surface area (Å²) in [4.78, 5) is 35.2. The number of aromatic nitrogens is 3. The lowest BCUT2D eigenvalue weighted by molar-refractivity contribution is 0.0382. The van der Waals surface area contributed by atoms with Gasteiger partial charge >= 0.3 is 0 Å². The highest BCUT2D eigenvalue weighted by atomic mass is 35.5. The van der Waals surface area contributed by atoms with E-state index >= 15 is 0 Å². The summed E-state index contributed by atoms with van der Waals surface area (Å²) in [5.41, 5.74) is 6.85. The number of aromatic hydroxyl groups is 1. The smallest absolute Gasteiger partial charge is 0.264 e. The zero-order chi connectivity index (χ0) is 34.9. The second-order valence-corrected chi connectivity index (χ2v) is 13.6. The van der Waals surface area contributed by atoms with Crippen molar-refractivity contribution in [2.24, 2.45) is 14.1 Å². The Balaban J connectivity index is 1.33. The molecule has 0 saturated carbocycles. The molecule has 2 aliphatic heterocycles. The van der Waals surface area contributed by atoms with Gasteiger partial charge in [-0.05, 0) is 73.0 Å². The van der Waals surface area contributed by atoms with Crippen molar-refractivity contribution >= 4 is 34.8 Å². The number of ether oxygens (including phenoxy) is 1. The van der Waals surface area contributed by atoms with Crippen molar-refractivity contribution in [1.29, 1.82) is 0 Å². The molecular weight excluding hydrogens is 652 g/mol. The molecule has 5 aromatic rings. The molecule has 0 bridgehead atoms. The molecule has 0 spiro atoms. The fraction of sp³-hybridized carbons (Fsp3) is 0.308. The van der Waals surface area contributed by atoms with Crippen molar-refractivity contribution in [3.05, 3.63) is 118 Å². The predicted octanol–water partition coefficient (Wildman–Crippen LogP) is 6.22. The van der Waals surface area contributed by atoms with E-state index in [0.717, 1.165) is 43.0 Å². The van der Waals surface area contributed by atoms with E-state index in [2.05, 4.69) is 29.1 Å². The number of fused-ring (bicyclic) bond motifs is 1. The molecule has 0 unspecified atom stereocenters. The number of rotatable bonds is 8. The van der Waals surface area contributed by atoms with Crippen LogP contribution in [0.2, 0.25) is 5.02 Å². The Bertz CT molecular complexity index is 2030. The van der Waals surface area contributed by atoms with Crippen LogP contribution in [-0.4, -0.2) is 80.0 Å². The first-order chi connectivity index (χ1) is 24.2. The number of benzene rings is 3. The number of phenols is 1. The lowest BCUT2D eigenvalue weighted by Gasteiger charge is -2.35. The third-order valence-corrected chi connectivity index (χ3v) is 10.1. The Morgan fingerprint density at radius 3 is 2.42 bits per heavy atom. The average molecular weight is 693 g/mol. The van der Waals surface area contributed by atoms with Crippen molar-refractivity contribution in [3.8, 4) is 17.0 Å². The molecule has 10 nitrogen and oxygen atoms in total. The third-order valence-electron chi connectivity index (χ3n) is 9.87. The number of carbonyl (C=O) groups is 2. The van der Waals surface area contributed by atoms with Gasteiger partial charge in [0.15, 0.2) is 0 Å². The van der Waals surface area contributed by atoms with Crippen molar-refractivity contribution in [3.63, 3.8) is 0 Å². The summed E-state index contributed by atoms with van der Waals surface area (Å²) in [5.74, 6) is -0.229. The summed E-state index contributed by atoms with van der Waals surface area (Å²) in [7, 11) is 3.75. The summed E-state index contributed by atoms with van der Waals surface area (Å²) in [6, 6.07) is 22.1. The van der Waals surface area contributed by atoms with Crippen molar-refractivity contribution in [2.75, 3.05) is 37.7 Å². The van der Waals surface area contributed by atoms with Crippen LogP contribution in [0, 0.1) is 0 Å². The first-order valence-corrected chi connectivity index (χ1v) is 17.3. The number of carbonyl (C=O) groups excluding carboxylic acids is 2. The Hall–Kier alpha value is -4.90. The largest absolute Gasteiger partial charge is 0.508 e. The molecular formula is C39H41ClN6O4. The molecule has 1 N–H and O–H groups in total. The molecule has 1 fully saturated rings. The molecule has 2 aliphatic rings.